The maximum Gasteiger partial charge on any atom is 0.131 e. The second-order valence-corrected chi connectivity index (χ2v) is 7.29. The number of aryl methyl sites for hydroxylation is 1. The number of allylic oxidation sites excluding steroid dienone is 5. The maximum atomic E-state index is 14.0. The molecule has 0 amide bonds. The highest BCUT2D eigenvalue weighted by Gasteiger charge is 2.18. The van der Waals surface area contributed by atoms with Crippen molar-refractivity contribution >= 4 is 17.3 Å². The topological polar surface area (TPSA) is 32.8 Å². The molecule has 2 aromatic rings. The van der Waals surface area contributed by atoms with Crippen LogP contribution in [-0.4, -0.2) is 16.0 Å². The maximum absolute atomic E-state index is 14.0. The molecule has 1 aliphatic rings. The van der Waals surface area contributed by atoms with Crippen LogP contribution in [-0.2, 0) is 7.05 Å². The lowest BCUT2D eigenvalue weighted by atomic mass is 10.0. The highest BCUT2D eigenvalue weighted by molar-refractivity contribution is 8.03. The largest absolute Gasteiger partial charge is 0.379 e. The van der Waals surface area contributed by atoms with E-state index in [-0.39, 0.29) is 5.56 Å². The fourth-order valence-electron chi connectivity index (χ4n) is 3.14. The van der Waals surface area contributed by atoms with Gasteiger partial charge in [-0.05, 0) is 37.3 Å². The van der Waals surface area contributed by atoms with E-state index in [0.29, 0.717) is 12.1 Å². The van der Waals surface area contributed by atoms with E-state index in [9.17, 15) is 8.78 Å². The lowest BCUT2D eigenvalue weighted by Crippen LogP contribution is -2.20. The lowest BCUT2D eigenvalue weighted by molar-refractivity contribution is 0.512. The van der Waals surface area contributed by atoms with E-state index < -0.39 is 17.7 Å². The molecular weight excluding hydrogens is 364 g/mol. The number of hydrogen-bond donors (Lipinski definition) is 2. The number of benzene rings is 1. The van der Waals surface area contributed by atoms with Gasteiger partial charge in [-0.2, -0.15) is 0 Å². The van der Waals surface area contributed by atoms with Crippen molar-refractivity contribution in [3.8, 4) is 0 Å². The Morgan fingerprint density at radius 2 is 2.00 bits per heavy atom. The minimum atomic E-state index is -0.558. The Morgan fingerprint density at radius 1 is 1.30 bits per heavy atom. The fraction of sp³-hybridized carbons (Fsp3) is 0.238. The standard InChI is InChI=1S/C21H23F2N3S/c1-13(25-14(2)21-17(22)6-5-7-18(21)23)15-8-10-16(19-12-24-26(19)3)20(27-4)11-9-15/h5-8,10-12,14,24-25H,1,9H2,2-4H3. The first-order chi connectivity index (χ1) is 12.9. The molecule has 1 atom stereocenters. The highest BCUT2D eigenvalue weighted by atomic mass is 32.2. The van der Waals surface area contributed by atoms with Gasteiger partial charge in [0, 0.05) is 35.0 Å². The summed E-state index contributed by atoms with van der Waals surface area (Å²) in [6.07, 6.45) is 10.9. The third-order valence-electron chi connectivity index (χ3n) is 4.69. The molecule has 1 aliphatic carbocycles. The summed E-state index contributed by atoms with van der Waals surface area (Å²) in [7, 11) is 1.97. The average molecular weight is 387 g/mol. The van der Waals surface area contributed by atoms with Gasteiger partial charge in [0.15, 0.2) is 0 Å². The van der Waals surface area contributed by atoms with Crippen LogP contribution < -0.4 is 5.32 Å². The second-order valence-electron chi connectivity index (χ2n) is 6.45. The van der Waals surface area contributed by atoms with Gasteiger partial charge >= 0.3 is 0 Å². The number of nitrogens with one attached hydrogen (secondary N) is 2. The summed E-state index contributed by atoms with van der Waals surface area (Å²) >= 11 is 1.69. The molecule has 0 bridgehead atoms. The monoisotopic (exact) mass is 387 g/mol. The van der Waals surface area contributed by atoms with Crippen molar-refractivity contribution in [1.82, 2.24) is 15.1 Å². The van der Waals surface area contributed by atoms with Crippen LogP contribution in [0.2, 0.25) is 0 Å². The molecule has 0 saturated heterocycles. The summed E-state index contributed by atoms with van der Waals surface area (Å²) in [6, 6.07) is 3.37. The number of halogens is 2. The Morgan fingerprint density at radius 3 is 2.56 bits per heavy atom. The Bertz CT molecular complexity index is 926. The number of rotatable bonds is 6. The van der Waals surface area contributed by atoms with Crippen molar-refractivity contribution in [2.24, 2.45) is 7.05 Å². The summed E-state index contributed by atoms with van der Waals surface area (Å²) < 4.78 is 30.0. The molecule has 142 valence electrons. The molecule has 3 rings (SSSR count). The first-order valence-corrected chi connectivity index (χ1v) is 9.90. The lowest BCUT2D eigenvalue weighted by Gasteiger charge is -2.20. The van der Waals surface area contributed by atoms with E-state index in [4.69, 9.17) is 0 Å². The van der Waals surface area contributed by atoms with Crippen molar-refractivity contribution in [2.75, 3.05) is 6.26 Å². The van der Waals surface area contributed by atoms with Crippen molar-refractivity contribution in [3.05, 3.63) is 88.3 Å². The summed E-state index contributed by atoms with van der Waals surface area (Å²) in [4.78, 5) is 1.18. The molecule has 0 radical (unpaired) electrons. The van der Waals surface area contributed by atoms with Crippen LogP contribution in [0.4, 0.5) is 8.78 Å². The molecule has 6 heteroatoms. The Balaban J connectivity index is 1.81. The van der Waals surface area contributed by atoms with Crippen LogP contribution in [0, 0.1) is 11.6 Å². The third-order valence-corrected chi connectivity index (χ3v) is 5.51. The molecule has 1 unspecified atom stereocenters. The van der Waals surface area contributed by atoms with Gasteiger partial charge in [-0.25, -0.2) is 8.78 Å². The van der Waals surface area contributed by atoms with E-state index in [1.54, 1.807) is 18.7 Å². The van der Waals surface area contributed by atoms with Crippen molar-refractivity contribution in [3.63, 3.8) is 0 Å². The van der Waals surface area contributed by atoms with Gasteiger partial charge in [-0.1, -0.05) is 30.9 Å². The fourth-order valence-corrected chi connectivity index (χ4v) is 3.79. The van der Waals surface area contributed by atoms with E-state index in [0.717, 1.165) is 16.8 Å². The summed E-state index contributed by atoms with van der Waals surface area (Å²) in [5, 5.41) is 6.23. The summed E-state index contributed by atoms with van der Waals surface area (Å²) in [5.41, 5.74) is 3.93. The SMILES string of the molecule is C=C(NC(C)c1c(F)cccc1F)C1=CC=C(c2c[nH]n2C)C(SC)=CC1. The normalized spacial score (nSPS) is 15.5. The van der Waals surface area contributed by atoms with E-state index in [1.165, 1.54) is 23.1 Å². The molecule has 0 aliphatic heterocycles. The van der Waals surface area contributed by atoms with Gasteiger partial charge in [0.2, 0.25) is 0 Å². The molecule has 2 N–H and O–H groups in total. The molecule has 0 spiro atoms. The Kier molecular flexibility index (Phi) is 5.75. The van der Waals surface area contributed by atoms with Crippen molar-refractivity contribution in [2.45, 2.75) is 19.4 Å². The number of thioether (sulfide) groups is 1. The van der Waals surface area contributed by atoms with Crippen LogP contribution in [0.3, 0.4) is 0 Å². The van der Waals surface area contributed by atoms with Gasteiger partial charge < -0.3 is 10.4 Å². The number of aromatic amines is 1. The van der Waals surface area contributed by atoms with Crippen LogP contribution in [0.25, 0.3) is 5.57 Å². The number of aromatic nitrogens is 2. The van der Waals surface area contributed by atoms with E-state index >= 15 is 0 Å². The quantitative estimate of drug-likeness (QED) is 0.690. The molecule has 1 heterocycles. The van der Waals surface area contributed by atoms with Crippen LogP contribution >= 0.6 is 11.8 Å². The second kappa shape index (κ2) is 8.05. The molecule has 1 aromatic heterocycles. The Labute approximate surface area is 162 Å². The number of nitrogens with zero attached hydrogens (tertiary/aromatic N) is 1. The number of H-pyrrole nitrogens is 1. The van der Waals surface area contributed by atoms with Crippen molar-refractivity contribution < 1.29 is 8.78 Å². The predicted molar refractivity (Wildman–Crippen MR) is 109 cm³/mol. The molecule has 0 saturated carbocycles. The van der Waals surface area contributed by atoms with Gasteiger partial charge in [0.25, 0.3) is 0 Å². The van der Waals surface area contributed by atoms with Crippen LogP contribution in [0.1, 0.15) is 30.6 Å². The first kappa shape index (κ1) is 19.3. The zero-order chi connectivity index (χ0) is 19.6. The van der Waals surface area contributed by atoms with Crippen molar-refractivity contribution in [1.29, 1.82) is 0 Å². The molecule has 27 heavy (non-hydrogen) atoms. The van der Waals surface area contributed by atoms with Crippen LogP contribution in [0.5, 0.6) is 0 Å². The van der Waals surface area contributed by atoms with Gasteiger partial charge in [-0.3, -0.25) is 4.68 Å². The summed E-state index contributed by atoms with van der Waals surface area (Å²) in [5.74, 6) is -1.12. The van der Waals surface area contributed by atoms with Crippen LogP contribution in [0.15, 0.2) is 65.4 Å². The molecular formula is C21H23F2N3S. The highest BCUT2D eigenvalue weighted by Crippen LogP contribution is 2.34. The zero-order valence-electron chi connectivity index (χ0n) is 15.6. The van der Waals surface area contributed by atoms with Gasteiger partial charge in [0.05, 0.1) is 11.7 Å². The minimum Gasteiger partial charge on any atom is -0.379 e. The molecule has 0 fully saturated rings. The summed E-state index contributed by atoms with van der Waals surface area (Å²) in [6.45, 7) is 5.82. The molecule has 1 aromatic carbocycles. The first-order valence-electron chi connectivity index (χ1n) is 8.68. The third kappa shape index (κ3) is 3.95. The smallest absolute Gasteiger partial charge is 0.131 e. The predicted octanol–water partition coefficient (Wildman–Crippen LogP) is 5.46. The molecule has 3 nitrogen and oxygen atoms in total. The average Bonchev–Trinajstić information content (AvgIpc) is 2.82. The van der Waals surface area contributed by atoms with Gasteiger partial charge in [0.1, 0.15) is 11.6 Å². The zero-order valence-corrected chi connectivity index (χ0v) is 16.5. The van der Waals surface area contributed by atoms with E-state index in [2.05, 4.69) is 29.1 Å². The Hall–Kier alpha value is -2.47. The van der Waals surface area contributed by atoms with Gasteiger partial charge in [-0.15, -0.1) is 11.8 Å². The number of hydrogen-bond acceptors (Lipinski definition) is 2. The van der Waals surface area contributed by atoms with E-state index in [1.807, 2.05) is 30.3 Å². The minimum absolute atomic E-state index is 0.0248.